The van der Waals surface area contributed by atoms with Gasteiger partial charge in [0.05, 0.1) is 5.25 Å². The molecule has 0 spiro atoms. The van der Waals surface area contributed by atoms with E-state index in [-0.39, 0.29) is 17.6 Å². The highest BCUT2D eigenvalue weighted by Crippen LogP contribution is 2.24. The average molecular weight is 374 g/mol. The topological polar surface area (TPSA) is 66.4 Å². The van der Waals surface area contributed by atoms with Crippen LogP contribution in [0.1, 0.15) is 32.6 Å². The van der Waals surface area contributed by atoms with Gasteiger partial charge in [0, 0.05) is 22.3 Å². The molecule has 2 N–H and O–H groups in total. The number of benzene rings is 1. The average Bonchev–Trinajstić information content (AvgIpc) is 2.44. The summed E-state index contributed by atoms with van der Waals surface area (Å²) in [6, 6.07) is 7.86. The highest BCUT2D eigenvalue weighted by Gasteiger charge is 2.13. The molecule has 0 heterocycles. The molecule has 1 atom stereocenters. The van der Waals surface area contributed by atoms with Crippen molar-refractivity contribution in [1.82, 2.24) is 5.32 Å². The van der Waals surface area contributed by atoms with Gasteiger partial charge in [0.1, 0.15) is 0 Å². The Kier molecular flexibility index (Phi) is 8.45. The van der Waals surface area contributed by atoms with E-state index in [0.29, 0.717) is 13.0 Å². The molecule has 6 heteroatoms. The van der Waals surface area contributed by atoms with Crippen molar-refractivity contribution in [3.63, 3.8) is 0 Å². The van der Waals surface area contributed by atoms with Crippen LogP contribution in [0.5, 0.6) is 0 Å². The highest BCUT2D eigenvalue weighted by atomic mass is 79.9. The van der Waals surface area contributed by atoms with E-state index >= 15 is 0 Å². The largest absolute Gasteiger partial charge is 0.481 e. The summed E-state index contributed by atoms with van der Waals surface area (Å²) in [6.45, 7) is 2.48. The van der Waals surface area contributed by atoms with Gasteiger partial charge in [0.15, 0.2) is 0 Å². The number of rotatable bonds is 9. The lowest BCUT2D eigenvalue weighted by Crippen LogP contribution is -2.31. The van der Waals surface area contributed by atoms with Crippen LogP contribution in [0, 0.1) is 0 Å². The van der Waals surface area contributed by atoms with Crippen molar-refractivity contribution < 1.29 is 14.7 Å². The molecule has 21 heavy (non-hydrogen) atoms. The van der Waals surface area contributed by atoms with Crippen molar-refractivity contribution in [2.75, 3.05) is 6.54 Å². The van der Waals surface area contributed by atoms with E-state index in [1.807, 2.05) is 31.2 Å². The van der Waals surface area contributed by atoms with Crippen LogP contribution in [-0.2, 0) is 9.59 Å². The Hall–Kier alpha value is -1.01. The van der Waals surface area contributed by atoms with Gasteiger partial charge in [-0.3, -0.25) is 9.59 Å². The number of thioether (sulfide) groups is 1. The summed E-state index contributed by atoms with van der Waals surface area (Å²) >= 11 is 4.90. The van der Waals surface area contributed by atoms with Gasteiger partial charge in [-0.2, -0.15) is 0 Å². The van der Waals surface area contributed by atoms with Crippen LogP contribution in [0.25, 0.3) is 0 Å². The predicted molar refractivity (Wildman–Crippen MR) is 88.6 cm³/mol. The van der Waals surface area contributed by atoms with Crippen molar-refractivity contribution in [2.24, 2.45) is 0 Å². The van der Waals surface area contributed by atoms with Gasteiger partial charge in [0.2, 0.25) is 5.91 Å². The van der Waals surface area contributed by atoms with Crippen LogP contribution in [0.2, 0.25) is 0 Å². The van der Waals surface area contributed by atoms with Crippen molar-refractivity contribution in [3.8, 4) is 0 Å². The lowest BCUT2D eigenvalue weighted by molar-refractivity contribution is -0.137. The van der Waals surface area contributed by atoms with E-state index in [2.05, 4.69) is 21.2 Å². The first kappa shape index (κ1) is 18.0. The second kappa shape index (κ2) is 9.84. The van der Waals surface area contributed by atoms with Gasteiger partial charge in [0.25, 0.3) is 0 Å². The fourth-order valence-electron chi connectivity index (χ4n) is 1.70. The standard InChI is InChI=1S/C15H20BrNO3S/c1-11(21-13-8-6-12(16)7-9-13)15(20)17-10-4-2-3-5-14(18)19/h6-9,11H,2-5,10H2,1H3,(H,17,20)(H,18,19). The summed E-state index contributed by atoms with van der Waals surface area (Å²) in [5.41, 5.74) is 0. The van der Waals surface area contributed by atoms with Crippen molar-refractivity contribution in [2.45, 2.75) is 42.8 Å². The summed E-state index contributed by atoms with van der Waals surface area (Å²) in [5, 5.41) is 11.3. The zero-order valence-electron chi connectivity index (χ0n) is 12.0. The monoisotopic (exact) mass is 373 g/mol. The molecule has 0 bridgehead atoms. The first-order valence-electron chi connectivity index (χ1n) is 6.91. The highest BCUT2D eigenvalue weighted by molar-refractivity contribution is 9.10. The molecule has 1 aromatic rings. The molecule has 0 fully saturated rings. The normalized spacial score (nSPS) is 11.9. The fourth-order valence-corrected chi connectivity index (χ4v) is 2.86. The number of aliphatic carboxylic acids is 1. The number of hydrogen-bond donors (Lipinski definition) is 2. The molecule has 0 saturated carbocycles. The smallest absolute Gasteiger partial charge is 0.303 e. The maximum atomic E-state index is 11.9. The number of amides is 1. The lowest BCUT2D eigenvalue weighted by atomic mass is 10.2. The minimum absolute atomic E-state index is 0.0150. The Morgan fingerprint density at radius 1 is 1.24 bits per heavy atom. The molecule has 1 rings (SSSR count). The molecule has 0 aliphatic rings. The summed E-state index contributed by atoms with van der Waals surface area (Å²) in [5.74, 6) is -0.750. The van der Waals surface area contributed by atoms with Crippen LogP contribution in [-0.4, -0.2) is 28.8 Å². The first-order chi connectivity index (χ1) is 9.99. The van der Waals surface area contributed by atoms with Crippen LogP contribution < -0.4 is 5.32 Å². The van der Waals surface area contributed by atoms with Gasteiger partial charge in [-0.15, -0.1) is 11.8 Å². The summed E-state index contributed by atoms with van der Waals surface area (Å²) in [4.78, 5) is 23.3. The Morgan fingerprint density at radius 3 is 2.52 bits per heavy atom. The number of hydrogen-bond acceptors (Lipinski definition) is 3. The Labute approximate surface area is 137 Å². The molecule has 1 unspecified atom stereocenters. The minimum atomic E-state index is -0.765. The van der Waals surface area contributed by atoms with Crippen LogP contribution >= 0.6 is 27.7 Å². The second-order valence-corrected chi connectivity index (χ2v) is 7.04. The Bertz CT molecular complexity index is 464. The Balaban J connectivity index is 2.19. The fraction of sp³-hybridized carbons (Fsp3) is 0.467. The molecule has 0 aromatic heterocycles. The lowest BCUT2D eigenvalue weighted by Gasteiger charge is -2.12. The third-order valence-corrected chi connectivity index (χ3v) is 4.50. The van der Waals surface area contributed by atoms with Crippen LogP contribution in [0.3, 0.4) is 0 Å². The maximum Gasteiger partial charge on any atom is 0.303 e. The number of carboxylic acid groups (broad SMARTS) is 1. The molecule has 0 saturated heterocycles. The van der Waals surface area contributed by atoms with E-state index in [9.17, 15) is 9.59 Å². The quantitative estimate of drug-likeness (QED) is 0.511. The molecule has 1 amide bonds. The third-order valence-electron chi connectivity index (χ3n) is 2.86. The molecule has 0 aliphatic carbocycles. The van der Waals surface area contributed by atoms with Crippen LogP contribution in [0.15, 0.2) is 33.6 Å². The van der Waals surface area contributed by atoms with E-state index in [1.54, 1.807) is 0 Å². The molecule has 1 aromatic carbocycles. The van der Waals surface area contributed by atoms with Gasteiger partial charge in [-0.05, 0) is 44.0 Å². The second-order valence-electron chi connectivity index (χ2n) is 4.71. The number of nitrogens with one attached hydrogen (secondary N) is 1. The van der Waals surface area contributed by atoms with Gasteiger partial charge >= 0.3 is 5.97 Å². The molecule has 4 nitrogen and oxygen atoms in total. The molecule has 116 valence electrons. The predicted octanol–water partition coefficient (Wildman–Crippen LogP) is 3.69. The van der Waals surface area contributed by atoms with E-state index in [0.717, 1.165) is 22.2 Å². The molecule has 0 aliphatic heterocycles. The van der Waals surface area contributed by atoms with E-state index in [1.165, 1.54) is 11.8 Å². The number of halogens is 1. The van der Waals surface area contributed by atoms with Crippen molar-refractivity contribution >= 4 is 39.6 Å². The maximum absolute atomic E-state index is 11.9. The molecular formula is C15H20BrNO3S. The summed E-state index contributed by atoms with van der Waals surface area (Å²) in [6.07, 6.45) is 2.49. The first-order valence-corrected chi connectivity index (χ1v) is 8.58. The molecule has 0 radical (unpaired) electrons. The van der Waals surface area contributed by atoms with Crippen LogP contribution in [0.4, 0.5) is 0 Å². The number of carboxylic acids is 1. The Morgan fingerprint density at radius 2 is 1.90 bits per heavy atom. The number of carbonyl (C=O) groups is 2. The van der Waals surface area contributed by atoms with Crippen molar-refractivity contribution in [1.29, 1.82) is 0 Å². The van der Waals surface area contributed by atoms with Crippen molar-refractivity contribution in [3.05, 3.63) is 28.7 Å². The van der Waals surface area contributed by atoms with Gasteiger partial charge in [-0.1, -0.05) is 22.4 Å². The number of unbranched alkanes of at least 4 members (excludes halogenated alkanes) is 2. The van der Waals surface area contributed by atoms with E-state index in [4.69, 9.17) is 5.11 Å². The molecular weight excluding hydrogens is 354 g/mol. The minimum Gasteiger partial charge on any atom is -0.481 e. The van der Waals surface area contributed by atoms with Gasteiger partial charge in [-0.25, -0.2) is 0 Å². The summed E-state index contributed by atoms with van der Waals surface area (Å²) in [7, 11) is 0. The third kappa shape index (κ3) is 8.12. The zero-order valence-corrected chi connectivity index (χ0v) is 14.4. The summed E-state index contributed by atoms with van der Waals surface area (Å²) < 4.78 is 1.02. The number of carbonyl (C=O) groups excluding carboxylic acids is 1. The SMILES string of the molecule is CC(Sc1ccc(Br)cc1)C(=O)NCCCCCC(=O)O. The van der Waals surface area contributed by atoms with Gasteiger partial charge < -0.3 is 10.4 Å². The zero-order chi connectivity index (χ0) is 15.7. The van der Waals surface area contributed by atoms with E-state index < -0.39 is 5.97 Å².